The van der Waals surface area contributed by atoms with Gasteiger partial charge in [0.1, 0.15) is 5.69 Å². The highest BCUT2D eigenvalue weighted by Gasteiger charge is 2.09. The molecular weight excluding hydrogens is 288 g/mol. The Labute approximate surface area is 136 Å². The maximum absolute atomic E-state index is 9.02. The van der Waals surface area contributed by atoms with Crippen molar-refractivity contribution in [2.45, 2.75) is 13.5 Å². The van der Waals surface area contributed by atoms with E-state index in [9.17, 15) is 0 Å². The van der Waals surface area contributed by atoms with E-state index in [4.69, 9.17) is 10.1 Å². The van der Waals surface area contributed by atoms with Crippen molar-refractivity contribution in [3.05, 3.63) is 47.7 Å². The minimum atomic E-state index is 0.172. The summed E-state index contributed by atoms with van der Waals surface area (Å²) < 4.78 is 1.79. The first-order chi connectivity index (χ1) is 11.1. The highest BCUT2D eigenvalue weighted by Crippen LogP contribution is 2.24. The Morgan fingerprint density at radius 3 is 2.70 bits per heavy atom. The van der Waals surface area contributed by atoms with Gasteiger partial charge in [-0.3, -0.25) is 9.58 Å². The Bertz CT molecular complexity index is 825. The Balaban J connectivity index is 1.99. The van der Waals surface area contributed by atoms with Gasteiger partial charge < -0.3 is 5.11 Å². The normalized spacial score (nSPS) is 11.5. The summed E-state index contributed by atoms with van der Waals surface area (Å²) in [4.78, 5) is 6.88. The maximum atomic E-state index is 9.02. The Hall–Kier alpha value is -2.24. The number of hydrogen-bond acceptors (Lipinski definition) is 4. The van der Waals surface area contributed by atoms with E-state index in [2.05, 4.69) is 41.2 Å². The van der Waals surface area contributed by atoms with Crippen molar-refractivity contribution in [2.75, 3.05) is 20.2 Å². The van der Waals surface area contributed by atoms with Crippen LogP contribution in [-0.4, -0.2) is 45.0 Å². The van der Waals surface area contributed by atoms with Gasteiger partial charge in [0.2, 0.25) is 0 Å². The summed E-state index contributed by atoms with van der Waals surface area (Å²) in [5.74, 6) is 0. The molecule has 0 aliphatic heterocycles. The van der Waals surface area contributed by atoms with E-state index in [0.29, 0.717) is 6.54 Å². The van der Waals surface area contributed by atoms with Crippen molar-refractivity contribution in [3.8, 4) is 11.4 Å². The summed E-state index contributed by atoms with van der Waals surface area (Å²) in [7, 11) is 3.91. The van der Waals surface area contributed by atoms with E-state index in [1.165, 1.54) is 16.5 Å². The lowest BCUT2D eigenvalue weighted by Crippen LogP contribution is -2.21. The number of aliphatic hydroxyl groups is 1. The molecule has 23 heavy (non-hydrogen) atoms. The molecule has 3 rings (SSSR count). The van der Waals surface area contributed by atoms with Crippen LogP contribution in [0.4, 0.5) is 0 Å². The number of hydrogen-bond donors (Lipinski definition) is 1. The van der Waals surface area contributed by atoms with Crippen LogP contribution in [-0.2, 0) is 13.6 Å². The average Bonchev–Trinajstić information content (AvgIpc) is 2.93. The van der Waals surface area contributed by atoms with Gasteiger partial charge in [0.25, 0.3) is 0 Å². The highest BCUT2D eigenvalue weighted by molar-refractivity contribution is 5.85. The van der Waals surface area contributed by atoms with E-state index in [1.807, 2.05) is 26.4 Å². The zero-order valence-electron chi connectivity index (χ0n) is 13.8. The molecule has 0 aliphatic carbocycles. The van der Waals surface area contributed by atoms with Crippen LogP contribution in [0, 0.1) is 6.92 Å². The second-order valence-corrected chi connectivity index (χ2v) is 6.01. The van der Waals surface area contributed by atoms with Crippen LogP contribution in [0.25, 0.3) is 22.3 Å². The first-order valence-corrected chi connectivity index (χ1v) is 7.76. The first kappa shape index (κ1) is 15.6. The number of aromatic nitrogens is 3. The van der Waals surface area contributed by atoms with Crippen LogP contribution in [0.2, 0.25) is 0 Å². The first-order valence-electron chi connectivity index (χ1n) is 7.76. The third-order valence-corrected chi connectivity index (χ3v) is 3.99. The van der Waals surface area contributed by atoms with Crippen molar-refractivity contribution < 1.29 is 5.11 Å². The molecule has 0 unspecified atom stereocenters. The fraction of sp³-hybridized carbons (Fsp3) is 0.333. The third kappa shape index (κ3) is 3.41. The molecule has 0 amide bonds. The van der Waals surface area contributed by atoms with E-state index in [1.54, 1.807) is 4.68 Å². The lowest BCUT2D eigenvalue weighted by atomic mass is 10.1. The summed E-state index contributed by atoms with van der Waals surface area (Å²) in [6.45, 7) is 3.74. The average molecular weight is 310 g/mol. The molecular formula is C18H22N4O. The maximum Gasteiger partial charge on any atom is 0.111 e. The molecule has 2 heterocycles. The summed E-state index contributed by atoms with van der Waals surface area (Å²) in [5.41, 5.74) is 5.17. The van der Waals surface area contributed by atoms with Crippen molar-refractivity contribution in [3.63, 3.8) is 0 Å². The topological polar surface area (TPSA) is 54.2 Å². The number of aryl methyl sites for hydroxylation is 2. The van der Waals surface area contributed by atoms with E-state index in [-0.39, 0.29) is 6.61 Å². The number of rotatable bonds is 5. The molecule has 0 fully saturated rings. The van der Waals surface area contributed by atoms with Gasteiger partial charge in [-0.1, -0.05) is 12.1 Å². The predicted octanol–water partition coefficient (Wildman–Crippen LogP) is 2.37. The Morgan fingerprint density at radius 2 is 2.00 bits per heavy atom. The van der Waals surface area contributed by atoms with Crippen molar-refractivity contribution in [1.82, 2.24) is 19.7 Å². The van der Waals surface area contributed by atoms with Gasteiger partial charge in [0.05, 0.1) is 17.8 Å². The standard InChI is InChI=1S/C18H22N4O/c1-13-10-18(16-6-7-22(3)20-16)19-17-11-14(4-5-15(13)17)12-21(2)8-9-23/h4-7,10-11,23H,8-9,12H2,1-3H3. The molecule has 0 aliphatic rings. The third-order valence-electron chi connectivity index (χ3n) is 3.99. The number of nitrogens with zero attached hydrogens (tertiary/aromatic N) is 4. The fourth-order valence-electron chi connectivity index (χ4n) is 2.79. The van der Waals surface area contributed by atoms with Gasteiger partial charge in [-0.15, -0.1) is 0 Å². The van der Waals surface area contributed by atoms with Crippen LogP contribution in [0.15, 0.2) is 36.5 Å². The monoisotopic (exact) mass is 310 g/mol. The zero-order valence-corrected chi connectivity index (χ0v) is 13.8. The molecule has 1 N–H and O–H groups in total. The number of fused-ring (bicyclic) bond motifs is 1. The Morgan fingerprint density at radius 1 is 1.17 bits per heavy atom. The van der Waals surface area contributed by atoms with Gasteiger partial charge in [-0.2, -0.15) is 5.10 Å². The summed E-state index contributed by atoms with van der Waals surface area (Å²) in [6, 6.07) is 10.4. The van der Waals surface area contributed by atoms with Crippen LogP contribution in [0.5, 0.6) is 0 Å². The van der Waals surface area contributed by atoms with E-state index >= 15 is 0 Å². The zero-order chi connectivity index (χ0) is 16.4. The fourth-order valence-corrected chi connectivity index (χ4v) is 2.79. The molecule has 0 spiro atoms. The number of benzene rings is 1. The van der Waals surface area contributed by atoms with Gasteiger partial charge in [-0.25, -0.2) is 4.98 Å². The van der Waals surface area contributed by atoms with Crippen molar-refractivity contribution >= 4 is 10.9 Å². The smallest absolute Gasteiger partial charge is 0.111 e. The molecule has 120 valence electrons. The molecule has 5 nitrogen and oxygen atoms in total. The molecule has 0 saturated carbocycles. The lowest BCUT2D eigenvalue weighted by Gasteiger charge is -2.15. The molecule has 0 saturated heterocycles. The van der Waals surface area contributed by atoms with Gasteiger partial charge in [-0.05, 0) is 43.3 Å². The largest absolute Gasteiger partial charge is 0.395 e. The van der Waals surface area contributed by atoms with Crippen LogP contribution < -0.4 is 0 Å². The molecule has 1 aromatic carbocycles. The molecule has 0 atom stereocenters. The quantitative estimate of drug-likeness (QED) is 0.786. The van der Waals surface area contributed by atoms with E-state index in [0.717, 1.165) is 23.4 Å². The van der Waals surface area contributed by atoms with Gasteiger partial charge in [0, 0.05) is 31.7 Å². The number of pyridine rings is 1. The van der Waals surface area contributed by atoms with Gasteiger partial charge in [0.15, 0.2) is 0 Å². The summed E-state index contributed by atoms with van der Waals surface area (Å²) in [5, 5.41) is 14.6. The van der Waals surface area contributed by atoms with Crippen LogP contribution in [0.1, 0.15) is 11.1 Å². The molecule has 2 aromatic heterocycles. The predicted molar refractivity (Wildman–Crippen MR) is 92.1 cm³/mol. The van der Waals surface area contributed by atoms with Crippen molar-refractivity contribution in [1.29, 1.82) is 0 Å². The van der Waals surface area contributed by atoms with Crippen LogP contribution in [0.3, 0.4) is 0 Å². The minimum Gasteiger partial charge on any atom is -0.395 e. The molecule has 0 bridgehead atoms. The van der Waals surface area contributed by atoms with E-state index < -0.39 is 0 Å². The number of likely N-dealkylation sites (N-methyl/N-ethyl adjacent to an activating group) is 1. The molecule has 5 heteroatoms. The number of aliphatic hydroxyl groups excluding tert-OH is 1. The van der Waals surface area contributed by atoms with Crippen LogP contribution >= 0.6 is 0 Å². The molecule has 0 radical (unpaired) electrons. The lowest BCUT2D eigenvalue weighted by molar-refractivity contribution is 0.217. The summed E-state index contributed by atoms with van der Waals surface area (Å²) >= 11 is 0. The van der Waals surface area contributed by atoms with Crippen molar-refractivity contribution in [2.24, 2.45) is 7.05 Å². The highest BCUT2D eigenvalue weighted by atomic mass is 16.3. The SMILES string of the molecule is Cc1cc(-c2ccn(C)n2)nc2cc(CN(C)CCO)ccc12. The molecule has 3 aromatic rings. The minimum absolute atomic E-state index is 0.172. The second-order valence-electron chi connectivity index (χ2n) is 6.01. The summed E-state index contributed by atoms with van der Waals surface area (Å²) in [6.07, 6.45) is 1.93. The second kappa shape index (κ2) is 6.48. The Kier molecular flexibility index (Phi) is 4.41. The van der Waals surface area contributed by atoms with Gasteiger partial charge >= 0.3 is 0 Å².